The van der Waals surface area contributed by atoms with Crippen LogP contribution in [-0.2, 0) is 9.05 Å². The second-order valence-electron chi connectivity index (χ2n) is 0.931. The maximum absolute atomic E-state index is 5.16. The molecule has 6 heteroatoms. The van der Waals surface area contributed by atoms with Crippen LogP contribution in [0.2, 0.25) is 0 Å². The first-order valence-electron chi connectivity index (χ1n) is 1.41. The predicted molar refractivity (Wildman–Crippen MR) is 27.7 cm³/mol. The first kappa shape index (κ1) is 6.02. The van der Waals surface area contributed by atoms with E-state index >= 15 is 0 Å². The first-order valence-corrected chi connectivity index (χ1v) is 3.41. The minimum atomic E-state index is -1.46. The zero-order chi connectivity index (χ0) is 5.49. The van der Waals surface area contributed by atoms with Crippen molar-refractivity contribution in [2.45, 2.75) is 4.71 Å². The Kier molecular flexibility index (Phi) is 1.45. The van der Waals surface area contributed by atoms with Gasteiger partial charge in [0.25, 0.3) is 8.53 Å². The second kappa shape index (κ2) is 1.69. The van der Waals surface area contributed by atoms with Crippen LogP contribution in [0.15, 0.2) is 0 Å². The molecule has 1 saturated heterocycles. The third kappa shape index (κ3) is 1.39. The Morgan fingerprint density at radius 3 is 1.86 bits per heavy atom. The molecule has 2 N–H and O–H groups in total. The fourth-order valence-corrected chi connectivity index (χ4v) is 1.47. The van der Waals surface area contributed by atoms with Crippen LogP contribution in [0, 0.1) is 0 Å². The van der Waals surface area contributed by atoms with Gasteiger partial charge in [0.1, 0.15) is 0 Å². The van der Waals surface area contributed by atoms with E-state index in [1.54, 1.807) is 0 Å². The normalized spacial score (nSPS) is 29.6. The third-order valence-electron chi connectivity index (χ3n) is 0.392. The molecule has 0 bridgehead atoms. The summed E-state index contributed by atoms with van der Waals surface area (Å²) >= 11 is 10.3. The van der Waals surface area contributed by atoms with E-state index in [0.717, 1.165) is 0 Å². The first-order chi connectivity index (χ1) is 3.10. The molecule has 1 heterocycles. The molecule has 1 fully saturated rings. The Balaban J connectivity index is 2.29. The summed E-state index contributed by atoms with van der Waals surface area (Å²) in [6, 6.07) is 0. The molecule has 42 valence electrons. The monoisotopic (exact) mass is 161 g/mol. The Morgan fingerprint density at radius 2 is 1.86 bits per heavy atom. The largest absolute Gasteiger partial charge is 0.343 e. The summed E-state index contributed by atoms with van der Waals surface area (Å²) in [5, 5.41) is 0. The highest BCUT2D eigenvalue weighted by molar-refractivity contribution is 7.46. The third-order valence-corrected chi connectivity index (χ3v) is 2.01. The fourth-order valence-electron chi connectivity index (χ4n) is 0.216. The molecule has 1 aliphatic heterocycles. The average molecular weight is 162 g/mol. The number of alkyl halides is 2. The summed E-state index contributed by atoms with van der Waals surface area (Å²) in [6.45, 7) is 0. The lowest BCUT2D eigenvalue weighted by Crippen LogP contribution is -2.30. The molecule has 3 nitrogen and oxygen atoms in total. The fraction of sp³-hybridized carbons (Fsp3) is 1.00. The van der Waals surface area contributed by atoms with Crippen LogP contribution in [0.1, 0.15) is 0 Å². The number of hydrogen-bond acceptors (Lipinski definition) is 3. The summed E-state index contributed by atoms with van der Waals surface area (Å²) in [4.78, 5) is 0. The van der Waals surface area contributed by atoms with Gasteiger partial charge in [0, 0.05) is 0 Å². The van der Waals surface area contributed by atoms with Crippen LogP contribution in [0.5, 0.6) is 0 Å². The zero-order valence-corrected chi connectivity index (χ0v) is 5.50. The van der Waals surface area contributed by atoms with Gasteiger partial charge >= 0.3 is 4.71 Å². The molecule has 0 aliphatic carbocycles. The van der Waals surface area contributed by atoms with Crippen molar-refractivity contribution in [1.29, 1.82) is 0 Å². The molecule has 7 heavy (non-hydrogen) atoms. The van der Waals surface area contributed by atoms with Gasteiger partial charge in [-0.2, -0.15) is 0 Å². The van der Waals surface area contributed by atoms with E-state index in [1.165, 1.54) is 0 Å². The molecule has 0 aromatic heterocycles. The van der Waals surface area contributed by atoms with Crippen molar-refractivity contribution in [2.75, 3.05) is 0 Å². The SMILES string of the molecule is NP1OC(Cl)(Cl)O1. The van der Waals surface area contributed by atoms with Crippen molar-refractivity contribution < 1.29 is 9.05 Å². The van der Waals surface area contributed by atoms with E-state index in [9.17, 15) is 0 Å². The maximum Gasteiger partial charge on any atom is 0.343 e. The Labute approximate surface area is 51.6 Å². The predicted octanol–water partition coefficient (Wildman–Crippen LogP) is 1.31. The maximum atomic E-state index is 5.16. The van der Waals surface area contributed by atoms with Crippen LogP contribution >= 0.6 is 31.7 Å². The van der Waals surface area contributed by atoms with Gasteiger partial charge in [-0.25, -0.2) is 0 Å². The number of rotatable bonds is 0. The second-order valence-corrected chi connectivity index (χ2v) is 3.06. The molecule has 0 spiro atoms. The topological polar surface area (TPSA) is 44.5 Å². The summed E-state index contributed by atoms with van der Waals surface area (Å²) in [6.07, 6.45) is 0. The summed E-state index contributed by atoms with van der Waals surface area (Å²) in [7, 11) is -1.27. The Hall–Kier alpha value is 0.890. The van der Waals surface area contributed by atoms with Crippen LogP contribution in [-0.4, -0.2) is 4.71 Å². The summed E-state index contributed by atoms with van der Waals surface area (Å²) < 4.78 is 7.50. The lowest BCUT2D eigenvalue weighted by molar-refractivity contribution is -0.0414. The number of hydrogen-bond donors (Lipinski definition) is 1. The highest BCUT2D eigenvalue weighted by atomic mass is 35.5. The van der Waals surface area contributed by atoms with E-state index in [-0.39, 0.29) is 0 Å². The molecule has 0 saturated carbocycles. The number of halogens is 2. The van der Waals surface area contributed by atoms with Gasteiger partial charge in [0.05, 0.1) is 0 Å². The molecule has 0 amide bonds. The van der Waals surface area contributed by atoms with Gasteiger partial charge in [-0.1, -0.05) is 0 Å². The zero-order valence-electron chi connectivity index (χ0n) is 3.10. The lowest BCUT2D eigenvalue weighted by Gasteiger charge is -2.32. The lowest BCUT2D eigenvalue weighted by atomic mass is 11.5. The highest BCUT2D eigenvalue weighted by Gasteiger charge is 2.43. The van der Waals surface area contributed by atoms with E-state index < -0.39 is 13.2 Å². The molecule has 0 radical (unpaired) electrons. The standard InChI is InChI=1S/CH2Cl2NO2P/c2-1(3)5-7(4)6-1/h4H2. The van der Waals surface area contributed by atoms with Crippen molar-refractivity contribution in [3.05, 3.63) is 0 Å². The molecule has 0 atom stereocenters. The summed E-state index contributed by atoms with van der Waals surface area (Å²) in [5.41, 5.74) is 5.01. The van der Waals surface area contributed by atoms with Gasteiger partial charge in [-0.05, 0) is 23.2 Å². The van der Waals surface area contributed by atoms with Crippen molar-refractivity contribution in [3.8, 4) is 0 Å². The van der Waals surface area contributed by atoms with Crippen LogP contribution < -0.4 is 5.50 Å². The minimum absolute atomic E-state index is 1.27. The van der Waals surface area contributed by atoms with Crippen molar-refractivity contribution in [1.82, 2.24) is 0 Å². The Bertz CT molecular complexity index is 79.8. The molecule has 0 aromatic carbocycles. The van der Waals surface area contributed by atoms with Crippen molar-refractivity contribution in [2.24, 2.45) is 5.50 Å². The highest BCUT2D eigenvalue weighted by Crippen LogP contribution is 2.55. The summed E-state index contributed by atoms with van der Waals surface area (Å²) in [5.74, 6) is 0. The van der Waals surface area contributed by atoms with Gasteiger partial charge in [0.15, 0.2) is 0 Å². The van der Waals surface area contributed by atoms with Crippen LogP contribution in [0.4, 0.5) is 0 Å². The van der Waals surface area contributed by atoms with Gasteiger partial charge in [-0.3, -0.25) is 14.6 Å². The van der Waals surface area contributed by atoms with Gasteiger partial charge in [-0.15, -0.1) is 0 Å². The van der Waals surface area contributed by atoms with Gasteiger partial charge in [0.2, 0.25) is 0 Å². The molecule has 1 aliphatic rings. The quantitative estimate of drug-likeness (QED) is 0.431. The van der Waals surface area contributed by atoms with E-state index in [0.29, 0.717) is 0 Å². The smallest absolute Gasteiger partial charge is 0.264 e. The van der Waals surface area contributed by atoms with Crippen molar-refractivity contribution in [3.63, 3.8) is 0 Å². The van der Waals surface area contributed by atoms with E-state index in [2.05, 4.69) is 9.05 Å². The van der Waals surface area contributed by atoms with E-state index in [4.69, 9.17) is 28.7 Å². The van der Waals surface area contributed by atoms with Crippen LogP contribution in [0.3, 0.4) is 0 Å². The molecule has 0 unspecified atom stereocenters. The van der Waals surface area contributed by atoms with Gasteiger partial charge < -0.3 is 0 Å². The Morgan fingerprint density at radius 1 is 1.43 bits per heavy atom. The molecular formula is CH2Cl2NO2P. The molecular weight excluding hydrogens is 160 g/mol. The minimum Gasteiger partial charge on any atom is -0.264 e. The molecule has 0 aromatic rings. The molecule has 1 rings (SSSR count). The van der Waals surface area contributed by atoms with Crippen molar-refractivity contribution >= 4 is 31.7 Å². The number of nitrogens with two attached hydrogens (primary N) is 1. The average Bonchev–Trinajstić information content (AvgIpc) is 1.27. The van der Waals surface area contributed by atoms with E-state index in [1.807, 2.05) is 0 Å². The van der Waals surface area contributed by atoms with Crippen LogP contribution in [0.25, 0.3) is 0 Å².